The average molecular weight is 330 g/mol. The molecule has 0 saturated carbocycles. The summed E-state index contributed by atoms with van der Waals surface area (Å²) in [6, 6.07) is 12.3. The van der Waals surface area contributed by atoms with Crippen LogP contribution in [0, 0.1) is 24.1 Å². The summed E-state index contributed by atoms with van der Waals surface area (Å²) < 4.78 is 15.0. The fourth-order valence-electron chi connectivity index (χ4n) is 2.59. The van der Waals surface area contributed by atoms with Crippen molar-refractivity contribution >= 4 is 5.65 Å². The number of rotatable bonds is 2. The van der Waals surface area contributed by atoms with Crippen molar-refractivity contribution in [3.05, 3.63) is 66.0 Å². The minimum atomic E-state index is -0.363. The van der Waals surface area contributed by atoms with Crippen molar-refractivity contribution in [1.82, 2.24) is 24.6 Å². The quantitative estimate of drug-likeness (QED) is 0.564. The highest BCUT2D eigenvalue weighted by atomic mass is 19.1. The van der Waals surface area contributed by atoms with E-state index >= 15 is 0 Å². The van der Waals surface area contributed by atoms with E-state index in [-0.39, 0.29) is 5.82 Å². The van der Waals surface area contributed by atoms with Gasteiger partial charge in [0.05, 0.1) is 29.0 Å². The van der Waals surface area contributed by atoms with Crippen molar-refractivity contribution in [2.75, 3.05) is 0 Å². The van der Waals surface area contributed by atoms with E-state index in [9.17, 15) is 4.39 Å². The van der Waals surface area contributed by atoms with E-state index in [4.69, 9.17) is 5.26 Å². The number of aromatic nitrogens is 5. The predicted molar refractivity (Wildman–Crippen MR) is 88.9 cm³/mol. The maximum Gasteiger partial charge on any atom is 0.162 e. The minimum Gasteiger partial charge on any atom is -0.254 e. The summed E-state index contributed by atoms with van der Waals surface area (Å²) in [5, 5.41) is 13.7. The van der Waals surface area contributed by atoms with Gasteiger partial charge >= 0.3 is 0 Å². The Balaban J connectivity index is 1.92. The first-order valence-corrected chi connectivity index (χ1v) is 7.51. The largest absolute Gasteiger partial charge is 0.254 e. The smallest absolute Gasteiger partial charge is 0.162 e. The zero-order valence-electron chi connectivity index (χ0n) is 13.2. The molecule has 0 aliphatic carbocycles. The molecule has 4 aromatic heterocycles. The number of aryl methyl sites for hydroxylation is 1. The summed E-state index contributed by atoms with van der Waals surface area (Å²) in [5.41, 5.74) is 3.74. The van der Waals surface area contributed by atoms with Gasteiger partial charge < -0.3 is 0 Å². The van der Waals surface area contributed by atoms with Gasteiger partial charge in [-0.05, 0) is 43.3 Å². The van der Waals surface area contributed by atoms with Gasteiger partial charge in [0.25, 0.3) is 0 Å². The summed E-state index contributed by atoms with van der Waals surface area (Å²) in [7, 11) is 0. The van der Waals surface area contributed by atoms with E-state index < -0.39 is 0 Å². The first kappa shape index (κ1) is 14.9. The predicted octanol–water partition coefficient (Wildman–Crippen LogP) is 3.17. The number of halogens is 1. The zero-order valence-corrected chi connectivity index (χ0v) is 13.2. The highest BCUT2D eigenvalue weighted by Crippen LogP contribution is 2.28. The van der Waals surface area contributed by atoms with Gasteiger partial charge in [-0.2, -0.15) is 10.4 Å². The number of nitrogens with zero attached hydrogens (tertiary/aromatic N) is 6. The summed E-state index contributed by atoms with van der Waals surface area (Å²) in [4.78, 5) is 12.8. The molecule has 0 aliphatic heterocycles. The van der Waals surface area contributed by atoms with Gasteiger partial charge in [-0.25, -0.2) is 18.9 Å². The monoisotopic (exact) mass is 330 g/mol. The molecule has 25 heavy (non-hydrogen) atoms. The number of imidazole rings is 1. The van der Waals surface area contributed by atoms with E-state index in [2.05, 4.69) is 26.1 Å². The van der Waals surface area contributed by atoms with E-state index in [1.807, 2.05) is 6.07 Å². The van der Waals surface area contributed by atoms with Crippen molar-refractivity contribution in [2.24, 2.45) is 0 Å². The van der Waals surface area contributed by atoms with Gasteiger partial charge in [-0.1, -0.05) is 0 Å². The Labute approximate surface area is 142 Å². The molecule has 120 valence electrons. The van der Waals surface area contributed by atoms with E-state index in [0.717, 1.165) is 5.56 Å². The summed E-state index contributed by atoms with van der Waals surface area (Å²) in [6.07, 6.45) is 3.12. The Kier molecular flexibility index (Phi) is 3.43. The highest BCUT2D eigenvalue weighted by molar-refractivity contribution is 5.77. The molecule has 4 rings (SSSR count). The minimum absolute atomic E-state index is 0.305. The van der Waals surface area contributed by atoms with Crippen LogP contribution in [-0.2, 0) is 0 Å². The van der Waals surface area contributed by atoms with Gasteiger partial charge in [0.1, 0.15) is 11.9 Å². The van der Waals surface area contributed by atoms with Crippen LogP contribution in [0.5, 0.6) is 0 Å². The molecule has 0 fully saturated rings. The lowest BCUT2D eigenvalue weighted by Crippen LogP contribution is -2.00. The number of hydrogen-bond donors (Lipinski definition) is 0. The number of fused-ring (bicyclic) bond motifs is 1. The Bertz CT molecular complexity index is 1140. The van der Waals surface area contributed by atoms with Crippen LogP contribution in [-0.4, -0.2) is 24.6 Å². The van der Waals surface area contributed by atoms with Crippen LogP contribution in [0.25, 0.3) is 28.3 Å². The van der Waals surface area contributed by atoms with Crippen LogP contribution in [0.1, 0.15) is 11.4 Å². The first-order valence-electron chi connectivity index (χ1n) is 7.51. The van der Waals surface area contributed by atoms with Crippen LogP contribution >= 0.6 is 0 Å². The van der Waals surface area contributed by atoms with Gasteiger partial charge in [-0.15, -0.1) is 0 Å². The fourth-order valence-corrected chi connectivity index (χ4v) is 2.59. The Morgan fingerprint density at radius 1 is 1.08 bits per heavy atom. The van der Waals surface area contributed by atoms with Crippen LogP contribution < -0.4 is 0 Å². The second kappa shape index (κ2) is 5.76. The van der Waals surface area contributed by atoms with E-state index in [0.29, 0.717) is 34.1 Å². The Morgan fingerprint density at radius 2 is 1.92 bits per heavy atom. The fraction of sp³-hybridized carbons (Fsp3) is 0.0556. The van der Waals surface area contributed by atoms with Crippen LogP contribution in [0.4, 0.5) is 4.39 Å². The molecule has 0 saturated heterocycles. The SMILES string of the molecule is Cc1nc(-c2ncccc2-c2ccc3ncc(C#N)n3n2)ccc1F. The Hall–Kier alpha value is -3.66. The van der Waals surface area contributed by atoms with Crippen molar-refractivity contribution in [3.8, 4) is 28.7 Å². The molecular weight excluding hydrogens is 319 g/mol. The molecule has 4 heterocycles. The van der Waals surface area contributed by atoms with Gasteiger partial charge in [0.15, 0.2) is 11.3 Å². The van der Waals surface area contributed by atoms with Crippen molar-refractivity contribution in [3.63, 3.8) is 0 Å². The molecule has 0 bridgehead atoms. The maximum atomic E-state index is 13.5. The second-order valence-electron chi connectivity index (χ2n) is 5.41. The molecule has 0 aliphatic rings. The number of nitriles is 1. The zero-order chi connectivity index (χ0) is 17.4. The average Bonchev–Trinajstić information content (AvgIpc) is 3.06. The lowest BCUT2D eigenvalue weighted by atomic mass is 10.1. The van der Waals surface area contributed by atoms with E-state index in [1.54, 1.807) is 37.4 Å². The Morgan fingerprint density at radius 3 is 2.72 bits per heavy atom. The number of hydrogen-bond acceptors (Lipinski definition) is 5. The summed E-state index contributed by atoms with van der Waals surface area (Å²) in [5.74, 6) is -0.363. The molecule has 0 atom stereocenters. The molecule has 6 nitrogen and oxygen atoms in total. The van der Waals surface area contributed by atoms with Crippen LogP contribution in [0.15, 0.2) is 48.8 Å². The third kappa shape index (κ3) is 2.50. The molecular formula is C18H11FN6. The first-order chi connectivity index (χ1) is 12.2. The topological polar surface area (TPSA) is 79.8 Å². The number of pyridine rings is 2. The van der Waals surface area contributed by atoms with Gasteiger partial charge in [0, 0.05) is 11.8 Å². The normalized spacial score (nSPS) is 10.8. The van der Waals surface area contributed by atoms with Gasteiger partial charge in [-0.3, -0.25) is 4.98 Å². The van der Waals surface area contributed by atoms with Crippen molar-refractivity contribution in [1.29, 1.82) is 5.26 Å². The third-order valence-electron chi connectivity index (χ3n) is 3.82. The summed E-state index contributed by atoms with van der Waals surface area (Å²) >= 11 is 0. The molecule has 7 heteroatoms. The maximum absolute atomic E-state index is 13.5. The highest BCUT2D eigenvalue weighted by Gasteiger charge is 2.14. The van der Waals surface area contributed by atoms with E-state index in [1.165, 1.54) is 16.8 Å². The van der Waals surface area contributed by atoms with Gasteiger partial charge in [0.2, 0.25) is 0 Å². The molecule has 0 aromatic carbocycles. The molecule has 0 N–H and O–H groups in total. The van der Waals surface area contributed by atoms with Crippen LogP contribution in [0.2, 0.25) is 0 Å². The summed E-state index contributed by atoms with van der Waals surface area (Å²) in [6.45, 7) is 1.61. The van der Waals surface area contributed by atoms with Crippen molar-refractivity contribution in [2.45, 2.75) is 6.92 Å². The van der Waals surface area contributed by atoms with Crippen molar-refractivity contribution < 1.29 is 4.39 Å². The van der Waals surface area contributed by atoms with Crippen LogP contribution in [0.3, 0.4) is 0 Å². The lowest BCUT2D eigenvalue weighted by Gasteiger charge is -2.09. The third-order valence-corrected chi connectivity index (χ3v) is 3.82. The molecule has 0 amide bonds. The second-order valence-corrected chi connectivity index (χ2v) is 5.41. The molecule has 0 radical (unpaired) electrons. The lowest BCUT2D eigenvalue weighted by molar-refractivity contribution is 0.610. The molecule has 0 spiro atoms. The molecule has 0 unspecified atom stereocenters. The molecule has 4 aromatic rings. The standard InChI is InChI=1S/C18H11FN6/c1-11-14(19)4-5-16(23-11)18-13(3-2-8-21-18)15-6-7-17-22-10-12(9-20)25(17)24-15/h2-8,10H,1H3.